The van der Waals surface area contributed by atoms with Gasteiger partial charge in [0, 0.05) is 10.9 Å². The van der Waals surface area contributed by atoms with Gasteiger partial charge in [-0.05, 0) is 49.2 Å². The quantitative estimate of drug-likeness (QED) is 0.834. The monoisotopic (exact) mass is 303 g/mol. The SMILES string of the molecule is CCCNC(CC)C(C)S(=O)c1ccc2ccccc2c1. The molecule has 0 radical (unpaired) electrons. The van der Waals surface area contributed by atoms with Gasteiger partial charge in [-0.1, -0.05) is 44.2 Å². The Kier molecular flexibility index (Phi) is 5.95. The summed E-state index contributed by atoms with van der Waals surface area (Å²) in [5.74, 6) is 0. The van der Waals surface area contributed by atoms with E-state index in [4.69, 9.17) is 0 Å². The topological polar surface area (TPSA) is 29.1 Å². The normalized spacial score (nSPS) is 15.8. The number of fused-ring (bicyclic) bond motifs is 1. The number of nitrogens with one attached hydrogen (secondary N) is 1. The van der Waals surface area contributed by atoms with Gasteiger partial charge in [0.2, 0.25) is 0 Å². The standard InChI is InChI=1S/C18H25NOS/c1-4-12-19-18(5-2)14(3)21(20)17-11-10-15-8-6-7-9-16(15)13-17/h6-11,13-14,18-19H,4-5,12H2,1-3H3. The molecule has 0 aliphatic heterocycles. The third kappa shape index (κ3) is 3.92. The zero-order chi connectivity index (χ0) is 15.2. The van der Waals surface area contributed by atoms with Crippen LogP contribution in [0.25, 0.3) is 10.8 Å². The Morgan fingerprint density at radius 3 is 2.48 bits per heavy atom. The molecule has 21 heavy (non-hydrogen) atoms. The lowest BCUT2D eigenvalue weighted by atomic mass is 10.1. The summed E-state index contributed by atoms with van der Waals surface area (Å²) < 4.78 is 12.8. The molecule has 2 nitrogen and oxygen atoms in total. The second-order valence-electron chi connectivity index (χ2n) is 5.48. The molecule has 0 saturated carbocycles. The summed E-state index contributed by atoms with van der Waals surface area (Å²) in [4.78, 5) is 0.929. The summed E-state index contributed by atoms with van der Waals surface area (Å²) in [6, 6.07) is 14.7. The lowest BCUT2D eigenvalue weighted by Crippen LogP contribution is -2.40. The number of rotatable bonds is 7. The van der Waals surface area contributed by atoms with Gasteiger partial charge in [0.15, 0.2) is 0 Å². The van der Waals surface area contributed by atoms with Gasteiger partial charge in [0.1, 0.15) is 0 Å². The highest BCUT2D eigenvalue weighted by Crippen LogP contribution is 2.21. The second kappa shape index (κ2) is 7.71. The van der Waals surface area contributed by atoms with Crippen molar-refractivity contribution in [1.29, 1.82) is 0 Å². The predicted octanol–water partition coefficient (Wildman–Crippen LogP) is 4.11. The van der Waals surface area contributed by atoms with Gasteiger partial charge in [-0.2, -0.15) is 0 Å². The molecule has 0 amide bonds. The minimum atomic E-state index is -0.980. The molecule has 3 atom stereocenters. The van der Waals surface area contributed by atoms with E-state index in [0.717, 1.165) is 29.7 Å². The van der Waals surface area contributed by atoms with Crippen LogP contribution >= 0.6 is 0 Å². The molecule has 0 bridgehead atoms. The molecule has 0 spiro atoms. The van der Waals surface area contributed by atoms with Crippen LogP contribution in [0.15, 0.2) is 47.4 Å². The maximum atomic E-state index is 12.8. The van der Waals surface area contributed by atoms with Crippen molar-refractivity contribution in [1.82, 2.24) is 5.32 Å². The van der Waals surface area contributed by atoms with E-state index in [1.165, 1.54) is 5.39 Å². The molecule has 0 heterocycles. The highest BCUT2D eigenvalue weighted by molar-refractivity contribution is 7.85. The van der Waals surface area contributed by atoms with E-state index in [1.807, 2.05) is 18.2 Å². The third-order valence-corrected chi connectivity index (χ3v) is 5.68. The van der Waals surface area contributed by atoms with Crippen molar-refractivity contribution in [3.63, 3.8) is 0 Å². The van der Waals surface area contributed by atoms with E-state index in [0.29, 0.717) is 6.04 Å². The Morgan fingerprint density at radius 2 is 1.81 bits per heavy atom. The van der Waals surface area contributed by atoms with Crippen LogP contribution in [-0.4, -0.2) is 22.0 Å². The van der Waals surface area contributed by atoms with Crippen molar-refractivity contribution in [2.75, 3.05) is 6.54 Å². The Hall–Kier alpha value is -1.19. The van der Waals surface area contributed by atoms with E-state index in [9.17, 15) is 4.21 Å². The molecular weight excluding hydrogens is 278 g/mol. The zero-order valence-corrected chi connectivity index (χ0v) is 14.0. The van der Waals surface area contributed by atoms with Crippen LogP contribution in [0.1, 0.15) is 33.6 Å². The molecule has 3 heteroatoms. The maximum absolute atomic E-state index is 12.8. The number of hydrogen-bond donors (Lipinski definition) is 1. The number of benzene rings is 2. The fraction of sp³-hybridized carbons (Fsp3) is 0.444. The van der Waals surface area contributed by atoms with E-state index in [2.05, 4.69) is 50.4 Å². The smallest absolute Gasteiger partial charge is 0.0574 e. The van der Waals surface area contributed by atoms with E-state index < -0.39 is 10.8 Å². The van der Waals surface area contributed by atoms with Gasteiger partial charge in [0.05, 0.1) is 16.0 Å². The molecule has 0 aromatic heterocycles. The Morgan fingerprint density at radius 1 is 1.10 bits per heavy atom. The second-order valence-corrected chi connectivity index (χ2v) is 7.29. The summed E-state index contributed by atoms with van der Waals surface area (Å²) in [5.41, 5.74) is 0. The van der Waals surface area contributed by atoms with Crippen molar-refractivity contribution in [2.45, 2.75) is 49.8 Å². The van der Waals surface area contributed by atoms with Crippen LogP contribution in [0.2, 0.25) is 0 Å². The summed E-state index contributed by atoms with van der Waals surface area (Å²) in [6.07, 6.45) is 2.10. The minimum Gasteiger partial charge on any atom is -0.313 e. The van der Waals surface area contributed by atoms with Gasteiger partial charge in [0.25, 0.3) is 0 Å². The average Bonchev–Trinajstić information content (AvgIpc) is 2.54. The molecular formula is C18H25NOS. The largest absolute Gasteiger partial charge is 0.313 e. The molecule has 3 unspecified atom stereocenters. The molecule has 2 aromatic rings. The number of hydrogen-bond acceptors (Lipinski definition) is 2. The van der Waals surface area contributed by atoms with Crippen LogP contribution in [0.4, 0.5) is 0 Å². The fourth-order valence-corrected chi connectivity index (χ4v) is 4.09. The van der Waals surface area contributed by atoms with Gasteiger partial charge < -0.3 is 5.32 Å². The van der Waals surface area contributed by atoms with Crippen LogP contribution in [0, 0.1) is 0 Å². The van der Waals surface area contributed by atoms with Crippen LogP contribution < -0.4 is 5.32 Å². The van der Waals surface area contributed by atoms with Gasteiger partial charge >= 0.3 is 0 Å². The maximum Gasteiger partial charge on any atom is 0.0574 e. The first-order chi connectivity index (χ1) is 10.2. The predicted molar refractivity (Wildman–Crippen MR) is 92.2 cm³/mol. The summed E-state index contributed by atoms with van der Waals surface area (Å²) in [5, 5.41) is 5.98. The van der Waals surface area contributed by atoms with Gasteiger partial charge in [-0.3, -0.25) is 4.21 Å². The third-order valence-electron chi connectivity index (χ3n) is 3.95. The Balaban J connectivity index is 2.19. The van der Waals surface area contributed by atoms with Crippen molar-refractivity contribution < 1.29 is 4.21 Å². The molecule has 1 N–H and O–H groups in total. The lowest BCUT2D eigenvalue weighted by Gasteiger charge is -2.23. The van der Waals surface area contributed by atoms with Crippen molar-refractivity contribution in [3.05, 3.63) is 42.5 Å². The van der Waals surface area contributed by atoms with Crippen molar-refractivity contribution >= 4 is 21.6 Å². The molecule has 0 fully saturated rings. The first kappa shape index (κ1) is 16.2. The van der Waals surface area contributed by atoms with E-state index in [1.54, 1.807) is 0 Å². The first-order valence-electron chi connectivity index (χ1n) is 7.80. The highest BCUT2D eigenvalue weighted by atomic mass is 32.2. The van der Waals surface area contributed by atoms with Crippen LogP contribution in [0.5, 0.6) is 0 Å². The summed E-state index contributed by atoms with van der Waals surface area (Å²) in [6.45, 7) is 7.38. The minimum absolute atomic E-state index is 0.114. The van der Waals surface area contributed by atoms with Gasteiger partial charge in [-0.25, -0.2) is 0 Å². The molecule has 0 aliphatic rings. The summed E-state index contributed by atoms with van der Waals surface area (Å²) >= 11 is 0. The first-order valence-corrected chi connectivity index (χ1v) is 9.01. The van der Waals surface area contributed by atoms with Crippen molar-refractivity contribution in [2.24, 2.45) is 0 Å². The molecule has 0 aliphatic carbocycles. The molecule has 2 rings (SSSR count). The Bertz CT molecular complexity index is 611. The van der Waals surface area contributed by atoms with E-state index in [-0.39, 0.29) is 5.25 Å². The van der Waals surface area contributed by atoms with Crippen molar-refractivity contribution in [3.8, 4) is 0 Å². The van der Waals surface area contributed by atoms with E-state index >= 15 is 0 Å². The molecule has 114 valence electrons. The summed E-state index contributed by atoms with van der Waals surface area (Å²) in [7, 11) is -0.980. The average molecular weight is 303 g/mol. The van der Waals surface area contributed by atoms with Gasteiger partial charge in [-0.15, -0.1) is 0 Å². The van der Waals surface area contributed by atoms with Crippen LogP contribution in [-0.2, 0) is 10.8 Å². The zero-order valence-electron chi connectivity index (χ0n) is 13.1. The highest BCUT2D eigenvalue weighted by Gasteiger charge is 2.22. The molecule has 2 aromatic carbocycles. The fourth-order valence-electron chi connectivity index (χ4n) is 2.63. The molecule has 0 saturated heterocycles. The van der Waals surface area contributed by atoms with Crippen LogP contribution in [0.3, 0.4) is 0 Å². The Labute approximate surface area is 130 Å². The lowest BCUT2D eigenvalue weighted by molar-refractivity contribution is 0.486.